The summed E-state index contributed by atoms with van der Waals surface area (Å²) in [6.45, 7) is 1.45. The van der Waals surface area contributed by atoms with Crippen LogP contribution in [0.25, 0.3) is 0 Å². The number of aliphatic carboxylic acids is 1. The molecule has 0 radical (unpaired) electrons. The Labute approximate surface area is 104 Å². The molecule has 0 aromatic heterocycles. The number of likely N-dealkylation sites (N-methyl/N-ethyl adjacent to an activating group) is 1. The van der Waals surface area contributed by atoms with Crippen molar-refractivity contribution < 1.29 is 19.6 Å². The molecule has 0 saturated heterocycles. The van der Waals surface area contributed by atoms with Gasteiger partial charge in [-0.1, -0.05) is 0 Å². The number of nitro benzene ring substituents is 1. The summed E-state index contributed by atoms with van der Waals surface area (Å²) in [6.07, 6.45) is 0. The fraction of sp³-hybridized carbons (Fsp3) is 0.364. The zero-order chi connectivity index (χ0) is 13.9. The zero-order valence-electron chi connectivity index (χ0n) is 10.3. The largest absolute Gasteiger partial charge is 0.496 e. The lowest BCUT2D eigenvalue weighted by atomic mass is 10.2. The van der Waals surface area contributed by atoms with E-state index >= 15 is 0 Å². The van der Waals surface area contributed by atoms with Gasteiger partial charge in [-0.05, 0) is 19.1 Å². The second-order valence-corrected chi connectivity index (χ2v) is 3.74. The Morgan fingerprint density at radius 1 is 1.56 bits per heavy atom. The molecule has 0 saturated carbocycles. The van der Waals surface area contributed by atoms with Gasteiger partial charge in [-0.15, -0.1) is 0 Å². The van der Waals surface area contributed by atoms with Crippen LogP contribution in [-0.4, -0.2) is 36.2 Å². The summed E-state index contributed by atoms with van der Waals surface area (Å²) in [6, 6.07) is 3.42. The molecule has 0 aliphatic rings. The van der Waals surface area contributed by atoms with Crippen LogP contribution in [0, 0.1) is 10.1 Å². The summed E-state index contributed by atoms with van der Waals surface area (Å²) < 4.78 is 4.91. The molecule has 1 unspecified atom stereocenters. The third-order valence-corrected chi connectivity index (χ3v) is 2.70. The molecule has 1 atom stereocenters. The molecule has 0 bridgehead atoms. The van der Waals surface area contributed by atoms with Crippen molar-refractivity contribution in [3.8, 4) is 5.75 Å². The Morgan fingerprint density at radius 3 is 2.61 bits per heavy atom. The number of anilines is 1. The first-order valence-corrected chi connectivity index (χ1v) is 5.16. The van der Waals surface area contributed by atoms with Crippen LogP contribution in [-0.2, 0) is 4.79 Å². The van der Waals surface area contributed by atoms with Crippen molar-refractivity contribution in [1.82, 2.24) is 0 Å². The van der Waals surface area contributed by atoms with Gasteiger partial charge in [-0.3, -0.25) is 10.1 Å². The third-order valence-electron chi connectivity index (χ3n) is 2.70. The summed E-state index contributed by atoms with van der Waals surface area (Å²) in [7, 11) is 2.90. The van der Waals surface area contributed by atoms with E-state index < -0.39 is 16.9 Å². The second kappa shape index (κ2) is 5.35. The molecule has 1 aromatic rings. The molecule has 0 aliphatic heterocycles. The van der Waals surface area contributed by atoms with Gasteiger partial charge in [-0.25, -0.2) is 4.79 Å². The lowest BCUT2D eigenvalue weighted by Gasteiger charge is -2.23. The molecule has 1 rings (SSSR count). The minimum atomic E-state index is -1.05. The predicted octanol–water partition coefficient (Wildman–Crippen LogP) is 1.51. The highest BCUT2D eigenvalue weighted by Gasteiger charge is 2.24. The van der Waals surface area contributed by atoms with Gasteiger partial charge in [0.25, 0.3) is 5.69 Å². The van der Waals surface area contributed by atoms with E-state index in [9.17, 15) is 14.9 Å². The maximum atomic E-state index is 11.0. The fourth-order valence-corrected chi connectivity index (χ4v) is 1.45. The summed E-state index contributed by atoms with van der Waals surface area (Å²) in [5, 5.41) is 19.9. The molecule has 0 amide bonds. The summed E-state index contributed by atoms with van der Waals surface area (Å²) in [5.74, 6) is -0.704. The van der Waals surface area contributed by atoms with Gasteiger partial charge >= 0.3 is 5.97 Å². The number of nitro groups is 1. The Kier molecular flexibility index (Phi) is 4.09. The SMILES string of the molecule is COc1ccc(N(C)C(C)C(=O)O)c([N+](=O)[O-])c1. The second-order valence-electron chi connectivity index (χ2n) is 3.74. The molecule has 7 heteroatoms. The van der Waals surface area contributed by atoms with Gasteiger partial charge < -0.3 is 14.7 Å². The maximum absolute atomic E-state index is 11.0. The van der Waals surface area contributed by atoms with Gasteiger partial charge in [0.2, 0.25) is 0 Å². The Morgan fingerprint density at radius 2 is 2.17 bits per heavy atom. The lowest BCUT2D eigenvalue weighted by molar-refractivity contribution is -0.384. The molecule has 0 fully saturated rings. The van der Waals surface area contributed by atoms with Gasteiger partial charge in [0, 0.05) is 7.05 Å². The van der Waals surface area contributed by atoms with Crippen LogP contribution in [0.2, 0.25) is 0 Å². The molecule has 98 valence electrons. The number of ether oxygens (including phenoxy) is 1. The van der Waals surface area contributed by atoms with Crippen molar-refractivity contribution in [2.75, 3.05) is 19.1 Å². The highest BCUT2D eigenvalue weighted by Crippen LogP contribution is 2.32. The summed E-state index contributed by atoms with van der Waals surface area (Å²) in [4.78, 5) is 22.6. The number of nitrogens with zero attached hydrogens (tertiary/aromatic N) is 2. The predicted molar refractivity (Wildman–Crippen MR) is 65.1 cm³/mol. The number of hydrogen-bond donors (Lipinski definition) is 1. The van der Waals surface area contributed by atoms with Crippen LogP contribution in [0.1, 0.15) is 6.92 Å². The van der Waals surface area contributed by atoms with E-state index in [1.807, 2.05) is 0 Å². The van der Waals surface area contributed by atoms with Crippen LogP contribution >= 0.6 is 0 Å². The van der Waals surface area contributed by atoms with E-state index in [0.29, 0.717) is 5.75 Å². The van der Waals surface area contributed by atoms with E-state index in [4.69, 9.17) is 9.84 Å². The lowest BCUT2D eigenvalue weighted by Crippen LogP contribution is -2.36. The van der Waals surface area contributed by atoms with Crippen LogP contribution in [0.3, 0.4) is 0 Å². The topological polar surface area (TPSA) is 92.9 Å². The number of carbonyl (C=O) groups is 1. The third kappa shape index (κ3) is 2.68. The van der Waals surface area contributed by atoms with E-state index in [1.165, 1.54) is 38.1 Å². The number of hydrogen-bond acceptors (Lipinski definition) is 5. The Bertz CT molecular complexity index is 475. The average molecular weight is 254 g/mol. The van der Waals surface area contributed by atoms with Gasteiger partial charge in [0.05, 0.1) is 18.1 Å². The molecule has 18 heavy (non-hydrogen) atoms. The van der Waals surface area contributed by atoms with Crippen LogP contribution in [0.5, 0.6) is 5.75 Å². The molecule has 1 aromatic carbocycles. The Hall–Kier alpha value is -2.31. The first-order valence-electron chi connectivity index (χ1n) is 5.16. The summed E-state index contributed by atoms with van der Waals surface area (Å²) >= 11 is 0. The zero-order valence-corrected chi connectivity index (χ0v) is 10.3. The quantitative estimate of drug-likeness (QED) is 0.632. The molecule has 0 heterocycles. The highest BCUT2D eigenvalue weighted by atomic mass is 16.6. The van der Waals surface area contributed by atoms with E-state index in [1.54, 1.807) is 6.07 Å². The van der Waals surface area contributed by atoms with Crippen molar-refractivity contribution in [2.24, 2.45) is 0 Å². The minimum Gasteiger partial charge on any atom is -0.496 e. The highest BCUT2D eigenvalue weighted by molar-refractivity contribution is 5.79. The fourth-order valence-electron chi connectivity index (χ4n) is 1.45. The van der Waals surface area contributed by atoms with Crippen molar-refractivity contribution in [2.45, 2.75) is 13.0 Å². The van der Waals surface area contributed by atoms with Crippen molar-refractivity contribution in [3.63, 3.8) is 0 Å². The number of carboxylic acid groups (broad SMARTS) is 1. The van der Waals surface area contributed by atoms with Crippen LogP contribution < -0.4 is 9.64 Å². The number of rotatable bonds is 5. The molecule has 0 aliphatic carbocycles. The Balaban J connectivity index is 3.23. The van der Waals surface area contributed by atoms with Gasteiger partial charge in [-0.2, -0.15) is 0 Å². The number of benzene rings is 1. The number of carboxylic acids is 1. The van der Waals surface area contributed by atoms with E-state index in [2.05, 4.69) is 0 Å². The number of methoxy groups -OCH3 is 1. The van der Waals surface area contributed by atoms with Crippen molar-refractivity contribution >= 4 is 17.3 Å². The molecule has 0 spiro atoms. The van der Waals surface area contributed by atoms with Crippen molar-refractivity contribution in [1.29, 1.82) is 0 Å². The smallest absolute Gasteiger partial charge is 0.326 e. The first kappa shape index (κ1) is 13.8. The first-order chi connectivity index (χ1) is 8.38. The van der Waals surface area contributed by atoms with E-state index in [-0.39, 0.29) is 11.4 Å². The van der Waals surface area contributed by atoms with Crippen LogP contribution in [0.15, 0.2) is 18.2 Å². The van der Waals surface area contributed by atoms with Crippen molar-refractivity contribution in [3.05, 3.63) is 28.3 Å². The standard InChI is InChI=1S/C11H14N2O5/c1-7(11(14)15)12(2)9-5-4-8(18-3)6-10(9)13(16)17/h4-7H,1-3H3,(H,14,15). The molecule has 1 N–H and O–H groups in total. The average Bonchev–Trinajstić information content (AvgIpc) is 2.35. The molecular formula is C11H14N2O5. The monoisotopic (exact) mass is 254 g/mol. The normalized spacial score (nSPS) is 11.7. The minimum absolute atomic E-state index is 0.190. The molecule has 7 nitrogen and oxygen atoms in total. The van der Waals surface area contributed by atoms with Gasteiger partial charge in [0.1, 0.15) is 17.5 Å². The van der Waals surface area contributed by atoms with Gasteiger partial charge in [0.15, 0.2) is 0 Å². The van der Waals surface area contributed by atoms with Crippen LogP contribution in [0.4, 0.5) is 11.4 Å². The maximum Gasteiger partial charge on any atom is 0.326 e. The molecular weight excluding hydrogens is 240 g/mol. The van der Waals surface area contributed by atoms with E-state index in [0.717, 1.165) is 0 Å². The summed E-state index contributed by atoms with van der Waals surface area (Å²) in [5.41, 5.74) is 0.0423.